The molecule has 30 heavy (non-hydrogen) atoms. The molecule has 1 fully saturated rings. The Labute approximate surface area is 170 Å². The Hall–Kier alpha value is -3.29. The second kappa shape index (κ2) is 7.19. The summed E-state index contributed by atoms with van der Waals surface area (Å²) in [4.78, 5) is 11.9. The highest BCUT2D eigenvalue weighted by atomic mass is 19.4. The van der Waals surface area contributed by atoms with Gasteiger partial charge < -0.3 is 5.11 Å². The molecule has 0 saturated heterocycles. The normalized spacial score (nSPS) is 14.9. The van der Waals surface area contributed by atoms with Crippen LogP contribution < -0.4 is 5.43 Å². The van der Waals surface area contributed by atoms with Gasteiger partial charge in [-0.1, -0.05) is 18.2 Å². The summed E-state index contributed by atoms with van der Waals surface area (Å²) >= 11 is 0. The number of aromatic nitrogens is 1. The number of halogens is 3. The van der Waals surface area contributed by atoms with E-state index in [0.717, 1.165) is 30.5 Å². The summed E-state index contributed by atoms with van der Waals surface area (Å²) in [7, 11) is 0. The number of fused-ring (bicyclic) bond motifs is 1. The molecule has 0 unspecified atom stereocenters. The second-order valence-electron chi connectivity index (χ2n) is 7.55. The average molecular weight is 415 g/mol. The van der Waals surface area contributed by atoms with Gasteiger partial charge in [0.25, 0.3) is 0 Å². The standard InChI is InChI=1S/C22H20F3N3O2/c1-12-4-3-5-16(10-12)28-18-11-15(22(23,24)25)8-9-17(18)19(21(28)30)13(2)26-27-20(29)14-6-7-14/h3-5,8-11,14,30H,6-7H2,1-2H3,(H,27,29). The molecule has 2 aromatic carbocycles. The largest absolute Gasteiger partial charge is 0.494 e. The van der Waals surface area contributed by atoms with Crippen molar-refractivity contribution in [3.05, 3.63) is 59.2 Å². The van der Waals surface area contributed by atoms with Crippen LogP contribution in [-0.2, 0) is 11.0 Å². The SMILES string of the molecule is CC(=NNC(=O)C1CC1)c1c(O)n(-c2cccc(C)c2)c2cc(C(F)(F)F)ccc12. The summed E-state index contributed by atoms with van der Waals surface area (Å²) in [5.74, 6) is -0.481. The summed E-state index contributed by atoms with van der Waals surface area (Å²) in [5.41, 5.74) is 3.86. The van der Waals surface area contributed by atoms with E-state index >= 15 is 0 Å². The van der Waals surface area contributed by atoms with Crippen LogP contribution in [0.5, 0.6) is 5.88 Å². The number of aromatic hydroxyl groups is 1. The third-order valence-electron chi connectivity index (χ3n) is 5.17. The zero-order chi connectivity index (χ0) is 21.6. The molecular weight excluding hydrogens is 395 g/mol. The summed E-state index contributed by atoms with van der Waals surface area (Å²) in [6.07, 6.45) is -2.88. The first-order valence-electron chi connectivity index (χ1n) is 9.53. The zero-order valence-corrected chi connectivity index (χ0v) is 16.4. The van der Waals surface area contributed by atoms with Gasteiger partial charge in [-0.3, -0.25) is 9.36 Å². The molecule has 4 rings (SSSR count). The maximum Gasteiger partial charge on any atom is 0.416 e. The van der Waals surface area contributed by atoms with E-state index in [1.807, 2.05) is 13.0 Å². The van der Waals surface area contributed by atoms with E-state index < -0.39 is 11.7 Å². The van der Waals surface area contributed by atoms with Gasteiger partial charge in [-0.05, 0) is 56.5 Å². The lowest BCUT2D eigenvalue weighted by molar-refractivity contribution is -0.137. The van der Waals surface area contributed by atoms with Crippen molar-refractivity contribution in [3.8, 4) is 11.6 Å². The van der Waals surface area contributed by atoms with Gasteiger partial charge in [0, 0.05) is 17.0 Å². The van der Waals surface area contributed by atoms with Crippen LogP contribution in [0.15, 0.2) is 47.6 Å². The van der Waals surface area contributed by atoms with Crippen molar-refractivity contribution >= 4 is 22.5 Å². The Balaban J connectivity index is 1.91. The Kier molecular flexibility index (Phi) is 4.80. The lowest BCUT2D eigenvalue weighted by atomic mass is 10.1. The molecule has 1 aliphatic rings. The minimum Gasteiger partial charge on any atom is -0.494 e. The topological polar surface area (TPSA) is 66.6 Å². The van der Waals surface area contributed by atoms with Gasteiger partial charge >= 0.3 is 6.18 Å². The summed E-state index contributed by atoms with van der Waals surface area (Å²) in [5, 5.41) is 15.5. The summed E-state index contributed by atoms with van der Waals surface area (Å²) in [6, 6.07) is 10.4. The van der Waals surface area contributed by atoms with E-state index in [9.17, 15) is 23.1 Å². The van der Waals surface area contributed by atoms with Gasteiger partial charge in [0.15, 0.2) is 0 Å². The molecule has 0 aliphatic heterocycles. The molecule has 0 radical (unpaired) electrons. The van der Waals surface area contributed by atoms with Gasteiger partial charge in [0.1, 0.15) is 0 Å². The molecule has 1 heterocycles. The summed E-state index contributed by atoms with van der Waals surface area (Å²) < 4.78 is 41.4. The smallest absolute Gasteiger partial charge is 0.416 e. The molecule has 2 N–H and O–H groups in total. The van der Waals surface area contributed by atoms with Crippen molar-refractivity contribution < 1.29 is 23.1 Å². The van der Waals surface area contributed by atoms with E-state index in [2.05, 4.69) is 10.5 Å². The zero-order valence-electron chi connectivity index (χ0n) is 16.4. The molecule has 1 aromatic heterocycles. The number of nitrogens with zero attached hydrogens (tertiary/aromatic N) is 2. The molecular formula is C22H20F3N3O2. The molecule has 0 spiro atoms. The van der Waals surface area contributed by atoms with Crippen molar-refractivity contribution in [2.24, 2.45) is 11.0 Å². The predicted molar refractivity (Wildman–Crippen MR) is 108 cm³/mol. The number of aryl methyl sites for hydroxylation is 1. The highest BCUT2D eigenvalue weighted by molar-refractivity contribution is 6.13. The Morgan fingerprint density at radius 1 is 1.20 bits per heavy atom. The molecule has 156 valence electrons. The number of hydrogen-bond donors (Lipinski definition) is 2. The van der Waals surface area contributed by atoms with E-state index in [-0.39, 0.29) is 28.8 Å². The monoisotopic (exact) mass is 415 g/mol. The van der Waals surface area contributed by atoms with Crippen molar-refractivity contribution in [1.82, 2.24) is 9.99 Å². The van der Waals surface area contributed by atoms with Gasteiger partial charge in [0.2, 0.25) is 11.8 Å². The average Bonchev–Trinajstić information content (AvgIpc) is 3.48. The number of hydrazone groups is 1. The number of carbonyl (C=O) groups excluding carboxylic acids is 1. The lowest BCUT2D eigenvalue weighted by Crippen LogP contribution is -2.20. The second-order valence-corrected chi connectivity index (χ2v) is 7.55. The molecule has 1 aliphatic carbocycles. The van der Waals surface area contributed by atoms with Crippen LogP contribution in [0, 0.1) is 12.8 Å². The van der Waals surface area contributed by atoms with E-state index in [4.69, 9.17) is 0 Å². The Morgan fingerprint density at radius 2 is 1.93 bits per heavy atom. The molecule has 0 atom stereocenters. The minimum absolute atomic E-state index is 0.0434. The van der Waals surface area contributed by atoms with Crippen LogP contribution in [0.1, 0.15) is 36.5 Å². The number of rotatable bonds is 4. The number of hydrogen-bond acceptors (Lipinski definition) is 3. The first-order valence-corrected chi connectivity index (χ1v) is 9.53. The van der Waals surface area contributed by atoms with E-state index in [1.54, 1.807) is 25.1 Å². The van der Waals surface area contributed by atoms with Gasteiger partial charge in [0.05, 0.1) is 22.4 Å². The van der Waals surface area contributed by atoms with Crippen LogP contribution in [-0.4, -0.2) is 21.3 Å². The van der Waals surface area contributed by atoms with Crippen LogP contribution in [0.2, 0.25) is 0 Å². The molecule has 1 amide bonds. The Bertz CT molecular complexity index is 1170. The van der Waals surface area contributed by atoms with Crippen LogP contribution >= 0.6 is 0 Å². The van der Waals surface area contributed by atoms with Crippen molar-refractivity contribution in [2.75, 3.05) is 0 Å². The fourth-order valence-electron chi connectivity index (χ4n) is 3.47. The lowest BCUT2D eigenvalue weighted by Gasteiger charge is -2.10. The number of amides is 1. The Morgan fingerprint density at radius 3 is 2.57 bits per heavy atom. The first-order chi connectivity index (χ1) is 14.2. The molecule has 1 saturated carbocycles. The molecule has 0 bridgehead atoms. The maximum absolute atomic E-state index is 13.3. The maximum atomic E-state index is 13.3. The highest BCUT2D eigenvalue weighted by Crippen LogP contribution is 2.39. The quantitative estimate of drug-likeness (QED) is 0.470. The molecule has 8 heteroatoms. The summed E-state index contributed by atoms with van der Waals surface area (Å²) in [6.45, 7) is 3.45. The third-order valence-corrected chi connectivity index (χ3v) is 5.17. The fraction of sp³-hybridized carbons (Fsp3) is 0.273. The van der Waals surface area contributed by atoms with E-state index in [1.165, 1.54) is 10.6 Å². The van der Waals surface area contributed by atoms with Gasteiger partial charge in [-0.2, -0.15) is 18.3 Å². The van der Waals surface area contributed by atoms with Gasteiger partial charge in [-0.25, -0.2) is 5.43 Å². The third kappa shape index (κ3) is 3.65. The molecule has 3 aromatic rings. The van der Waals surface area contributed by atoms with Crippen molar-refractivity contribution in [2.45, 2.75) is 32.9 Å². The highest BCUT2D eigenvalue weighted by Gasteiger charge is 2.32. The number of nitrogens with one attached hydrogen (secondary N) is 1. The predicted octanol–water partition coefficient (Wildman–Crippen LogP) is 4.91. The fourth-order valence-corrected chi connectivity index (χ4v) is 3.47. The minimum atomic E-state index is -4.52. The number of carbonyl (C=O) groups is 1. The van der Waals surface area contributed by atoms with Crippen LogP contribution in [0.4, 0.5) is 13.2 Å². The first kappa shape index (κ1) is 20.0. The molecule has 5 nitrogen and oxygen atoms in total. The van der Waals surface area contributed by atoms with Crippen molar-refractivity contribution in [3.63, 3.8) is 0 Å². The number of alkyl halides is 3. The van der Waals surface area contributed by atoms with Crippen LogP contribution in [0.25, 0.3) is 16.6 Å². The van der Waals surface area contributed by atoms with E-state index in [0.29, 0.717) is 16.8 Å². The van der Waals surface area contributed by atoms with Crippen molar-refractivity contribution in [1.29, 1.82) is 0 Å². The van der Waals surface area contributed by atoms with Crippen LogP contribution in [0.3, 0.4) is 0 Å². The number of benzene rings is 2. The van der Waals surface area contributed by atoms with Gasteiger partial charge in [-0.15, -0.1) is 0 Å².